The number of imide groups is 2. The quantitative estimate of drug-likeness (QED) is 0.166. The summed E-state index contributed by atoms with van der Waals surface area (Å²) >= 11 is 8.11. The first kappa shape index (κ1) is 29.9. The largest absolute Gasteiger partial charge is 0.494 e. The van der Waals surface area contributed by atoms with Crippen LogP contribution in [0, 0.1) is 3.57 Å². The van der Waals surface area contributed by atoms with Gasteiger partial charge in [0, 0.05) is 0 Å². The molecular weight excluding hydrogens is 665 g/mol. The van der Waals surface area contributed by atoms with Crippen LogP contribution in [0.2, 0.25) is 5.02 Å². The van der Waals surface area contributed by atoms with Crippen molar-refractivity contribution in [2.24, 2.45) is 0 Å². The molecule has 3 aromatic rings. The first-order chi connectivity index (χ1) is 19.7. The van der Waals surface area contributed by atoms with Crippen LogP contribution in [0.1, 0.15) is 19.4 Å². The number of rotatable bonds is 10. The van der Waals surface area contributed by atoms with Gasteiger partial charge in [0.25, 0.3) is 17.7 Å². The average molecular weight is 690 g/mol. The van der Waals surface area contributed by atoms with Gasteiger partial charge in [0.15, 0.2) is 18.1 Å². The molecule has 0 saturated carbocycles. The summed E-state index contributed by atoms with van der Waals surface area (Å²) < 4.78 is 17.5. The summed E-state index contributed by atoms with van der Waals surface area (Å²) in [5, 5.41) is 5.29. The lowest BCUT2D eigenvalue weighted by Crippen LogP contribution is -2.54. The molecule has 1 aliphatic rings. The van der Waals surface area contributed by atoms with Gasteiger partial charge in [-0.3, -0.25) is 19.7 Å². The first-order valence-corrected chi connectivity index (χ1v) is 13.9. The zero-order valence-electron chi connectivity index (χ0n) is 22.0. The Kier molecular flexibility index (Phi) is 9.84. The summed E-state index contributed by atoms with van der Waals surface area (Å²) in [5.74, 6) is -0.839. The lowest BCUT2D eigenvalue weighted by Gasteiger charge is -2.26. The Morgan fingerprint density at radius 2 is 1.71 bits per heavy atom. The fourth-order valence-corrected chi connectivity index (χ4v) is 4.84. The second-order valence-electron chi connectivity index (χ2n) is 8.46. The highest BCUT2D eigenvalue weighted by Gasteiger charge is 2.37. The highest BCUT2D eigenvalue weighted by molar-refractivity contribution is 14.1. The zero-order chi connectivity index (χ0) is 29.5. The molecule has 0 spiro atoms. The molecule has 10 nitrogen and oxygen atoms in total. The molecule has 212 valence electrons. The third-order valence-electron chi connectivity index (χ3n) is 5.65. The maximum absolute atomic E-state index is 13.3. The van der Waals surface area contributed by atoms with Crippen molar-refractivity contribution in [3.63, 3.8) is 0 Å². The Labute approximate surface area is 254 Å². The normalized spacial score (nSPS) is 14.1. The molecule has 1 aliphatic heterocycles. The summed E-state index contributed by atoms with van der Waals surface area (Å²) in [6, 6.07) is 15.6. The minimum absolute atomic E-state index is 0.246. The van der Waals surface area contributed by atoms with E-state index in [9.17, 15) is 19.2 Å². The molecule has 0 aromatic heterocycles. The molecule has 0 atom stereocenters. The topological polar surface area (TPSA) is 123 Å². The summed E-state index contributed by atoms with van der Waals surface area (Å²) in [6.07, 6.45) is 1.37. The highest BCUT2D eigenvalue weighted by atomic mass is 127. The van der Waals surface area contributed by atoms with Crippen LogP contribution in [0.5, 0.6) is 17.2 Å². The minimum atomic E-state index is -0.857. The summed E-state index contributed by atoms with van der Waals surface area (Å²) in [6.45, 7) is 4.06. The summed E-state index contributed by atoms with van der Waals surface area (Å²) in [5.41, 5.74) is 0.935. The molecule has 41 heavy (non-hydrogen) atoms. The fourth-order valence-electron chi connectivity index (χ4n) is 3.88. The number of halogens is 2. The van der Waals surface area contributed by atoms with Crippen LogP contribution in [-0.4, -0.2) is 43.6 Å². The molecule has 1 fully saturated rings. The number of ether oxygens (including phenoxy) is 3. The van der Waals surface area contributed by atoms with Crippen LogP contribution in [0.25, 0.3) is 6.08 Å². The van der Waals surface area contributed by atoms with Gasteiger partial charge in [0.05, 0.1) is 33.2 Å². The molecule has 1 saturated heterocycles. The molecule has 3 aromatic carbocycles. The van der Waals surface area contributed by atoms with Crippen molar-refractivity contribution in [1.29, 1.82) is 0 Å². The number of anilines is 2. The zero-order valence-corrected chi connectivity index (χ0v) is 24.9. The first-order valence-electron chi connectivity index (χ1n) is 12.5. The lowest BCUT2D eigenvalue weighted by molar-refractivity contribution is -0.122. The number of amides is 5. The Balaban J connectivity index is 1.57. The summed E-state index contributed by atoms with van der Waals surface area (Å²) in [4.78, 5) is 51.9. The third kappa shape index (κ3) is 7.16. The van der Waals surface area contributed by atoms with Crippen molar-refractivity contribution < 1.29 is 33.4 Å². The number of carbonyl (C=O) groups is 4. The third-order valence-corrected chi connectivity index (χ3v) is 6.78. The van der Waals surface area contributed by atoms with E-state index in [4.69, 9.17) is 25.8 Å². The number of hydrogen-bond acceptors (Lipinski definition) is 7. The average Bonchev–Trinajstić information content (AvgIpc) is 2.93. The second kappa shape index (κ2) is 13.5. The van der Waals surface area contributed by atoms with Crippen molar-refractivity contribution in [3.8, 4) is 17.2 Å². The maximum Gasteiger partial charge on any atom is 0.335 e. The van der Waals surface area contributed by atoms with E-state index in [-0.39, 0.29) is 24.5 Å². The van der Waals surface area contributed by atoms with Crippen molar-refractivity contribution >= 4 is 75.4 Å². The van der Waals surface area contributed by atoms with Crippen molar-refractivity contribution in [3.05, 3.63) is 80.4 Å². The van der Waals surface area contributed by atoms with Gasteiger partial charge in [0.1, 0.15) is 11.3 Å². The number of hydrogen-bond donors (Lipinski definition) is 2. The lowest BCUT2D eigenvalue weighted by atomic mass is 10.1. The van der Waals surface area contributed by atoms with E-state index in [1.165, 1.54) is 6.08 Å². The van der Waals surface area contributed by atoms with Crippen molar-refractivity contribution in [2.45, 2.75) is 13.8 Å². The van der Waals surface area contributed by atoms with Crippen LogP contribution in [0.15, 0.2) is 66.2 Å². The van der Waals surface area contributed by atoms with Gasteiger partial charge in [-0.15, -0.1) is 0 Å². The SMILES string of the molecule is CCOc1ccc(N2C(=O)NC(=O)/C(=C\c3cc(I)c(OCC(=O)Nc4ccccc4Cl)c(OCC)c3)C2=O)cc1. The number of barbiturate groups is 1. The Hall–Kier alpha value is -4.10. The Morgan fingerprint density at radius 1 is 1.00 bits per heavy atom. The van der Waals surface area contributed by atoms with Crippen LogP contribution < -0.4 is 29.7 Å². The van der Waals surface area contributed by atoms with Gasteiger partial charge < -0.3 is 19.5 Å². The number of benzene rings is 3. The molecule has 1 heterocycles. The van der Waals surface area contributed by atoms with E-state index < -0.39 is 23.8 Å². The molecule has 5 amide bonds. The number of nitrogens with one attached hydrogen (secondary N) is 2. The van der Waals surface area contributed by atoms with E-state index in [0.29, 0.717) is 43.7 Å². The van der Waals surface area contributed by atoms with Crippen LogP contribution >= 0.6 is 34.2 Å². The fraction of sp³-hybridized carbons (Fsp3) is 0.172. The predicted octanol–water partition coefficient (Wildman–Crippen LogP) is 5.43. The standard InChI is InChI=1S/C29H25ClIN3O7/c1-3-39-19-11-9-18(10-12-19)34-28(37)20(27(36)33-29(34)38)13-17-14-22(31)26(24(15-17)40-4-2)41-16-25(35)32-23-8-6-5-7-21(23)30/h5-15H,3-4,16H2,1-2H3,(H,32,35)(H,33,36,38)/b20-13+. The second-order valence-corrected chi connectivity index (χ2v) is 10.0. The predicted molar refractivity (Wildman–Crippen MR) is 163 cm³/mol. The molecule has 0 radical (unpaired) electrons. The maximum atomic E-state index is 13.3. The van der Waals surface area contributed by atoms with Gasteiger partial charge in [-0.05, 0) is 96.6 Å². The molecule has 4 rings (SSSR count). The van der Waals surface area contributed by atoms with Gasteiger partial charge >= 0.3 is 6.03 Å². The van der Waals surface area contributed by atoms with Crippen molar-refractivity contribution in [1.82, 2.24) is 5.32 Å². The van der Waals surface area contributed by atoms with Crippen molar-refractivity contribution in [2.75, 3.05) is 30.0 Å². The minimum Gasteiger partial charge on any atom is -0.494 e. The van der Waals surface area contributed by atoms with E-state index in [1.54, 1.807) is 67.6 Å². The van der Waals surface area contributed by atoms with Gasteiger partial charge in [0.2, 0.25) is 0 Å². The summed E-state index contributed by atoms with van der Waals surface area (Å²) in [7, 11) is 0. The van der Waals surface area contributed by atoms with Gasteiger partial charge in [-0.1, -0.05) is 23.7 Å². The highest BCUT2D eigenvalue weighted by Crippen LogP contribution is 2.35. The van der Waals surface area contributed by atoms with Gasteiger partial charge in [-0.25, -0.2) is 9.69 Å². The number of urea groups is 1. The number of carbonyl (C=O) groups excluding carboxylic acids is 4. The van der Waals surface area contributed by atoms with Crippen LogP contribution in [0.4, 0.5) is 16.2 Å². The molecular formula is C29H25ClIN3O7. The molecule has 12 heteroatoms. The monoisotopic (exact) mass is 689 g/mol. The van der Waals surface area contributed by atoms with Gasteiger partial charge in [-0.2, -0.15) is 0 Å². The van der Waals surface area contributed by atoms with Crippen LogP contribution in [-0.2, 0) is 14.4 Å². The van der Waals surface area contributed by atoms with E-state index in [2.05, 4.69) is 10.6 Å². The Morgan fingerprint density at radius 3 is 2.39 bits per heavy atom. The Bertz CT molecular complexity index is 1530. The van der Waals surface area contributed by atoms with E-state index >= 15 is 0 Å². The molecule has 0 unspecified atom stereocenters. The molecule has 0 bridgehead atoms. The van der Waals surface area contributed by atoms with E-state index in [0.717, 1.165) is 4.90 Å². The molecule has 0 aliphatic carbocycles. The smallest absolute Gasteiger partial charge is 0.335 e. The van der Waals surface area contributed by atoms with Crippen LogP contribution in [0.3, 0.4) is 0 Å². The number of nitrogens with zero attached hydrogens (tertiary/aromatic N) is 1. The molecule has 2 N–H and O–H groups in total. The van der Waals surface area contributed by atoms with E-state index in [1.807, 2.05) is 29.5 Å². The number of para-hydroxylation sites is 1.